The van der Waals surface area contributed by atoms with Crippen molar-refractivity contribution >= 4 is 23.0 Å². The van der Waals surface area contributed by atoms with Crippen LogP contribution in [0.3, 0.4) is 0 Å². The first-order valence-electron chi connectivity index (χ1n) is 18.5. The number of rotatable bonds is 15. The number of carbonyl (C=O) groups excluding carboxylic acids is 1. The van der Waals surface area contributed by atoms with Gasteiger partial charge in [0.1, 0.15) is 7.05 Å². The van der Waals surface area contributed by atoms with E-state index in [0.717, 1.165) is 77.4 Å². The van der Waals surface area contributed by atoms with Crippen LogP contribution in [0.2, 0.25) is 0 Å². The van der Waals surface area contributed by atoms with Crippen molar-refractivity contribution in [1.29, 1.82) is 0 Å². The first-order chi connectivity index (χ1) is 23.1. The van der Waals surface area contributed by atoms with Gasteiger partial charge >= 0.3 is 0 Å². The van der Waals surface area contributed by atoms with Crippen molar-refractivity contribution in [2.45, 2.75) is 109 Å². The summed E-state index contributed by atoms with van der Waals surface area (Å²) >= 11 is 0. The van der Waals surface area contributed by atoms with E-state index in [1.54, 1.807) is 0 Å². The van der Waals surface area contributed by atoms with Crippen LogP contribution in [-0.4, -0.2) is 42.9 Å². The molecule has 2 aromatic carbocycles. The molecule has 3 N–H and O–H groups in total. The van der Waals surface area contributed by atoms with Gasteiger partial charge in [0.2, 0.25) is 11.6 Å². The highest BCUT2D eigenvalue weighted by molar-refractivity contribution is 6.03. The lowest BCUT2D eigenvalue weighted by Gasteiger charge is -2.27. The van der Waals surface area contributed by atoms with E-state index in [2.05, 4.69) is 128 Å². The monoisotopic (exact) mass is 647 g/mol. The van der Waals surface area contributed by atoms with Gasteiger partial charge in [-0.05, 0) is 94.2 Å². The number of fused-ring (bicyclic) bond motifs is 2. The number of allylic oxidation sites excluding steroid dienone is 8. The van der Waals surface area contributed by atoms with Crippen LogP contribution < -0.4 is 16.0 Å². The Hall–Kier alpha value is -3.70. The predicted octanol–water partition coefficient (Wildman–Crippen LogP) is 9.16. The molecule has 0 radical (unpaired) electrons. The second-order valence-corrected chi connectivity index (χ2v) is 14.9. The molecule has 0 saturated carbocycles. The average molecular weight is 648 g/mol. The highest BCUT2D eigenvalue weighted by Gasteiger charge is 2.42. The van der Waals surface area contributed by atoms with E-state index in [-0.39, 0.29) is 16.7 Å². The van der Waals surface area contributed by atoms with Crippen LogP contribution in [0.25, 0.3) is 0 Å². The number of nitrogens with zero attached hydrogens (tertiary/aromatic N) is 2. The molecule has 3 aliphatic rings. The van der Waals surface area contributed by atoms with Gasteiger partial charge in [-0.25, -0.2) is 0 Å². The number of hydrogen-bond acceptors (Lipinski definition) is 3. The number of anilines is 1. The number of nitrogens with one attached hydrogen (secondary N) is 1. The van der Waals surface area contributed by atoms with Gasteiger partial charge in [-0.2, -0.15) is 4.58 Å². The van der Waals surface area contributed by atoms with Crippen molar-refractivity contribution in [1.82, 2.24) is 5.32 Å². The van der Waals surface area contributed by atoms with Gasteiger partial charge in [0.25, 0.3) is 0 Å². The molecule has 5 rings (SSSR count). The quantitative estimate of drug-likeness (QED) is 0.150. The molecule has 0 saturated heterocycles. The third kappa shape index (κ3) is 8.11. The van der Waals surface area contributed by atoms with Gasteiger partial charge in [0.15, 0.2) is 5.71 Å². The largest absolute Gasteiger partial charge is 0.356 e. The third-order valence-electron chi connectivity index (χ3n) is 10.7. The molecule has 0 unspecified atom stereocenters. The number of para-hydroxylation sites is 2. The van der Waals surface area contributed by atoms with Gasteiger partial charge in [-0.3, -0.25) is 4.79 Å². The molecule has 256 valence electrons. The number of carbonyl (C=O) groups is 1. The fraction of sp³-hybridized carbons (Fsp3) is 0.488. The molecule has 2 heterocycles. The summed E-state index contributed by atoms with van der Waals surface area (Å²) in [6, 6.07) is 17.7. The molecule has 1 aliphatic carbocycles. The summed E-state index contributed by atoms with van der Waals surface area (Å²) in [5.74, 6) is 0.186. The maximum atomic E-state index is 12.3. The topological polar surface area (TPSA) is 61.4 Å². The highest BCUT2D eigenvalue weighted by atomic mass is 16.1. The van der Waals surface area contributed by atoms with E-state index in [9.17, 15) is 4.79 Å². The molecule has 2 aromatic rings. The lowest BCUT2D eigenvalue weighted by Crippen LogP contribution is -2.27. The van der Waals surface area contributed by atoms with E-state index < -0.39 is 0 Å². The Kier molecular flexibility index (Phi) is 12.0. The van der Waals surface area contributed by atoms with Crippen LogP contribution in [0.4, 0.5) is 11.4 Å². The molecule has 48 heavy (non-hydrogen) atoms. The molecule has 0 bridgehead atoms. The first-order valence-corrected chi connectivity index (χ1v) is 18.5. The fourth-order valence-corrected chi connectivity index (χ4v) is 7.87. The maximum absolute atomic E-state index is 12.3. The molecule has 0 aromatic heterocycles. The minimum atomic E-state index is -0.0664. The Balaban J connectivity index is 1.23. The van der Waals surface area contributed by atoms with E-state index in [1.165, 1.54) is 51.5 Å². The van der Waals surface area contributed by atoms with Gasteiger partial charge < -0.3 is 16.0 Å². The highest BCUT2D eigenvalue weighted by Crippen LogP contribution is 2.48. The van der Waals surface area contributed by atoms with Crippen LogP contribution in [0.15, 0.2) is 95.8 Å². The van der Waals surface area contributed by atoms with E-state index in [0.29, 0.717) is 6.42 Å². The lowest BCUT2D eigenvalue weighted by molar-refractivity contribution is -0.401. The van der Waals surface area contributed by atoms with Crippen LogP contribution >= 0.6 is 0 Å². The van der Waals surface area contributed by atoms with Crippen molar-refractivity contribution in [3.05, 3.63) is 107 Å². The number of amides is 1. The van der Waals surface area contributed by atoms with Crippen molar-refractivity contribution in [2.75, 3.05) is 31.6 Å². The normalized spacial score (nSPS) is 19.7. The molecular formula is C43H59N4O+. The van der Waals surface area contributed by atoms with Crippen molar-refractivity contribution in [2.24, 2.45) is 5.73 Å². The van der Waals surface area contributed by atoms with Crippen molar-refractivity contribution in [3.8, 4) is 0 Å². The Morgan fingerprint density at radius 1 is 0.854 bits per heavy atom. The standard InChI is InChI=1S/C43H58N4O/c1-42(2)35-20-10-12-22-37(35)46(5)39(42)27-25-33-18-17-19-34(32-33)26-28-40-43(3,4)36-21-11-13-23-38(36)47(40)31-16-8-9-24-41(48)45-30-15-7-6-14-29-44/h10-13,20-23,25-28,32H,6-9,14-19,24,29-31,44H2,1-5H3/p+1. The average Bonchev–Trinajstić information content (AvgIpc) is 3.42. The maximum Gasteiger partial charge on any atom is 0.219 e. The minimum absolute atomic E-state index is 0.0105. The Morgan fingerprint density at radius 3 is 2.38 bits per heavy atom. The molecule has 5 heteroatoms. The van der Waals surface area contributed by atoms with E-state index in [4.69, 9.17) is 5.73 Å². The second kappa shape index (κ2) is 16.1. The fourth-order valence-electron chi connectivity index (χ4n) is 7.87. The summed E-state index contributed by atoms with van der Waals surface area (Å²) in [6.07, 6.45) is 23.3. The zero-order valence-electron chi connectivity index (χ0n) is 30.3. The van der Waals surface area contributed by atoms with Crippen molar-refractivity contribution < 1.29 is 9.37 Å². The number of benzene rings is 2. The zero-order valence-corrected chi connectivity index (χ0v) is 30.3. The Bertz CT molecular complexity index is 1600. The number of unbranched alkanes of at least 4 members (excludes halogenated alkanes) is 5. The summed E-state index contributed by atoms with van der Waals surface area (Å²) in [5.41, 5.74) is 16.4. The van der Waals surface area contributed by atoms with Gasteiger partial charge in [0, 0.05) is 54.0 Å². The SMILES string of the molecule is C[N+]1=C(/C=C/C2=CC(=C/C=C3\N(CCCCCC(=O)NCCCCCCN)c4ccccc4C3(C)C)/CCC2)C(C)(C)c2ccccc21. The number of hydrogen-bond donors (Lipinski definition) is 2. The van der Waals surface area contributed by atoms with Gasteiger partial charge in [-0.1, -0.05) is 87.7 Å². The molecule has 0 atom stereocenters. The minimum Gasteiger partial charge on any atom is -0.356 e. The van der Waals surface area contributed by atoms with Crippen molar-refractivity contribution in [3.63, 3.8) is 0 Å². The van der Waals surface area contributed by atoms with Crippen LogP contribution in [0, 0.1) is 0 Å². The Morgan fingerprint density at radius 2 is 1.58 bits per heavy atom. The molecule has 2 aliphatic heterocycles. The summed E-state index contributed by atoms with van der Waals surface area (Å²) in [4.78, 5) is 14.9. The van der Waals surface area contributed by atoms with Gasteiger partial charge in [-0.15, -0.1) is 0 Å². The number of nitrogens with two attached hydrogens (primary N) is 1. The molecule has 1 amide bonds. The van der Waals surface area contributed by atoms with Gasteiger partial charge in [0.05, 0.1) is 5.41 Å². The summed E-state index contributed by atoms with van der Waals surface area (Å²) in [7, 11) is 2.19. The molecule has 0 fully saturated rings. The zero-order chi connectivity index (χ0) is 34.1. The predicted molar refractivity (Wildman–Crippen MR) is 203 cm³/mol. The lowest BCUT2D eigenvalue weighted by atomic mass is 9.81. The first kappa shape index (κ1) is 35.6. The summed E-state index contributed by atoms with van der Waals surface area (Å²) < 4.78 is 2.35. The molecule has 5 nitrogen and oxygen atoms in total. The summed E-state index contributed by atoms with van der Waals surface area (Å²) in [5, 5.41) is 3.10. The van der Waals surface area contributed by atoms with E-state index in [1.807, 2.05) is 0 Å². The third-order valence-corrected chi connectivity index (χ3v) is 10.7. The van der Waals surface area contributed by atoms with Crippen LogP contribution in [-0.2, 0) is 15.6 Å². The Labute approximate surface area is 290 Å². The molecular weight excluding hydrogens is 589 g/mol. The molecule has 0 spiro atoms. The second-order valence-electron chi connectivity index (χ2n) is 14.9. The summed E-state index contributed by atoms with van der Waals surface area (Å²) in [6.45, 7) is 11.9. The smallest absolute Gasteiger partial charge is 0.219 e. The van der Waals surface area contributed by atoms with Crippen LogP contribution in [0.1, 0.15) is 109 Å². The van der Waals surface area contributed by atoms with Crippen LogP contribution in [0.5, 0.6) is 0 Å². The van der Waals surface area contributed by atoms with E-state index >= 15 is 0 Å².